The van der Waals surface area contributed by atoms with E-state index in [0.717, 1.165) is 12.1 Å². The van der Waals surface area contributed by atoms with Crippen LogP contribution in [0.5, 0.6) is 0 Å². The fourth-order valence-electron chi connectivity index (χ4n) is 2.46. The van der Waals surface area contributed by atoms with Crippen molar-refractivity contribution in [2.75, 3.05) is 11.9 Å². The molecule has 1 heterocycles. The minimum absolute atomic E-state index is 0.184. The molecule has 5 nitrogen and oxygen atoms in total. The Labute approximate surface area is 178 Å². The number of aromatic nitrogens is 1. The first-order valence-corrected chi connectivity index (χ1v) is 9.95. The number of carbonyl (C=O) groups excluding carboxylic acids is 2. The van der Waals surface area contributed by atoms with Crippen molar-refractivity contribution in [2.45, 2.75) is 12.6 Å². The van der Waals surface area contributed by atoms with Crippen molar-refractivity contribution in [2.24, 2.45) is 0 Å². The topological polar surface area (TPSA) is 71.1 Å². The average molecular weight is 454 g/mol. The summed E-state index contributed by atoms with van der Waals surface area (Å²) in [7, 11) is 0. The third kappa shape index (κ3) is 5.80. The summed E-state index contributed by atoms with van der Waals surface area (Å²) >= 11 is 7.05. The molecule has 2 amide bonds. The molecule has 0 saturated carbocycles. The predicted octanol–water partition coefficient (Wildman–Crippen LogP) is 4.78. The van der Waals surface area contributed by atoms with Crippen molar-refractivity contribution >= 4 is 40.4 Å². The van der Waals surface area contributed by atoms with Gasteiger partial charge in [-0.15, -0.1) is 11.3 Å². The zero-order valence-corrected chi connectivity index (χ0v) is 16.9. The van der Waals surface area contributed by atoms with Crippen LogP contribution in [0.4, 0.5) is 18.9 Å². The summed E-state index contributed by atoms with van der Waals surface area (Å²) in [6.07, 6.45) is -4.01. The maximum absolute atomic E-state index is 12.6. The average Bonchev–Trinajstić information content (AvgIpc) is 3.18. The van der Waals surface area contributed by atoms with Crippen molar-refractivity contribution in [3.05, 3.63) is 70.2 Å². The van der Waals surface area contributed by atoms with Crippen LogP contribution in [-0.2, 0) is 22.2 Å². The van der Waals surface area contributed by atoms with Crippen molar-refractivity contribution in [1.82, 2.24) is 10.3 Å². The number of halogens is 4. The molecule has 0 aliphatic carbocycles. The van der Waals surface area contributed by atoms with E-state index in [0.29, 0.717) is 33.4 Å². The standard InChI is InChI=1S/C20H15ClF3N3O2S/c21-14-5-7-15(8-6-14)26-18(29)17(28)25-10-9-16-11-30-19(27-16)12-1-3-13(4-2-12)20(22,23)24/h1-8,11H,9-10H2,(H,25,28)(H,26,29). The van der Waals surface area contributed by atoms with E-state index in [-0.39, 0.29) is 6.54 Å². The molecule has 10 heteroatoms. The molecule has 0 spiro atoms. The number of rotatable bonds is 5. The van der Waals surface area contributed by atoms with Crippen LogP contribution in [-0.4, -0.2) is 23.3 Å². The molecular weight excluding hydrogens is 439 g/mol. The molecular formula is C20H15ClF3N3O2S. The van der Waals surface area contributed by atoms with E-state index < -0.39 is 23.6 Å². The van der Waals surface area contributed by atoms with E-state index in [1.807, 2.05) is 0 Å². The largest absolute Gasteiger partial charge is 0.416 e. The smallest absolute Gasteiger partial charge is 0.347 e. The maximum atomic E-state index is 12.6. The van der Waals surface area contributed by atoms with Crippen LogP contribution < -0.4 is 10.6 Å². The van der Waals surface area contributed by atoms with Gasteiger partial charge in [0.2, 0.25) is 0 Å². The molecule has 156 valence electrons. The Hall–Kier alpha value is -2.91. The molecule has 30 heavy (non-hydrogen) atoms. The van der Waals surface area contributed by atoms with Gasteiger partial charge in [0.1, 0.15) is 5.01 Å². The highest BCUT2D eigenvalue weighted by Crippen LogP contribution is 2.31. The fraction of sp³-hybridized carbons (Fsp3) is 0.150. The zero-order valence-electron chi connectivity index (χ0n) is 15.3. The molecule has 1 aromatic heterocycles. The van der Waals surface area contributed by atoms with Crippen LogP contribution >= 0.6 is 22.9 Å². The van der Waals surface area contributed by atoms with Gasteiger partial charge in [0.05, 0.1) is 11.3 Å². The molecule has 2 aromatic carbocycles. The van der Waals surface area contributed by atoms with E-state index in [1.165, 1.54) is 23.5 Å². The van der Waals surface area contributed by atoms with Crippen LogP contribution in [0, 0.1) is 0 Å². The normalized spacial score (nSPS) is 11.2. The van der Waals surface area contributed by atoms with Gasteiger partial charge in [0.15, 0.2) is 0 Å². The fourth-order valence-corrected chi connectivity index (χ4v) is 3.45. The molecule has 0 bridgehead atoms. The van der Waals surface area contributed by atoms with Gasteiger partial charge in [-0.3, -0.25) is 9.59 Å². The minimum Gasteiger partial charge on any atom is -0.347 e. The summed E-state index contributed by atoms with van der Waals surface area (Å²) in [4.78, 5) is 28.1. The highest BCUT2D eigenvalue weighted by atomic mass is 35.5. The molecule has 0 aliphatic heterocycles. The molecule has 3 aromatic rings. The summed E-state index contributed by atoms with van der Waals surface area (Å²) in [5.41, 5.74) is 0.960. The first-order chi connectivity index (χ1) is 14.2. The first kappa shape index (κ1) is 21.8. The first-order valence-electron chi connectivity index (χ1n) is 8.69. The number of benzene rings is 2. The maximum Gasteiger partial charge on any atom is 0.416 e. The van der Waals surface area contributed by atoms with E-state index in [9.17, 15) is 22.8 Å². The predicted molar refractivity (Wildman–Crippen MR) is 109 cm³/mol. The Morgan fingerprint density at radius 2 is 1.67 bits per heavy atom. The lowest BCUT2D eigenvalue weighted by Crippen LogP contribution is -2.36. The number of carbonyl (C=O) groups is 2. The van der Waals surface area contributed by atoms with Gasteiger partial charge in [-0.1, -0.05) is 23.7 Å². The number of hydrogen-bond acceptors (Lipinski definition) is 4. The molecule has 2 N–H and O–H groups in total. The number of anilines is 1. The van der Waals surface area contributed by atoms with Crippen LogP contribution in [0.15, 0.2) is 53.9 Å². The van der Waals surface area contributed by atoms with Crippen molar-refractivity contribution in [1.29, 1.82) is 0 Å². The molecule has 0 radical (unpaired) electrons. The van der Waals surface area contributed by atoms with Crippen LogP contribution in [0.1, 0.15) is 11.3 Å². The molecule has 3 rings (SSSR count). The van der Waals surface area contributed by atoms with Crippen LogP contribution in [0.3, 0.4) is 0 Å². The molecule has 0 atom stereocenters. The molecule has 0 fully saturated rings. The van der Waals surface area contributed by atoms with E-state index >= 15 is 0 Å². The Balaban J connectivity index is 1.50. The summed E-state index contributed by atoms with van der Waals surface area (Å²) < 4.78 is 37.9. The van der Waals surface area contributed by atoms with E-state index in [1.54, 1.807) is 29.6 Å². The summed E-state index contributed by atoms with van der Waals surface area (Å²) in [6, 6.07) is 11.1. The quantitative estimate of drug-likeness (QED) is 0.546. The lowest BCUT2D eigenvalue weighted by atomic mass is 10.1. The minimum atomic E-state index is -4.38. The van der Waals surface area contributed by atoms with Gasteiger partial charge in [0.25, 0.3) is 0 Å². The third-order valence-corrected chi connectivity index (χ3v) is 5.18. The molecule has 0 aliphatic rings. The van der Waals surface area contributed by atoms with Crippen molar-refractivity contribution in [3.8, 4) is 10.6 Å². The summed E-state index contributed by atoms with van der Waals surface area (Å²) in [6.45, 7) is 0.184. The Morgan fingerprint density at radius 3 is 2.30 bits per heavy atom. The number of nitrogens with one attached hydrogen (secondary N) is 2. The van der Waals surface area contributed by atoms with Crippen LogP contribution in [0.25, 0.3) is 10.6 Å². The van der Waals surface area contributed by atoms with Gasteiger partial charge < -0.3 is 10.6 Å². The van der Waals surface area contributed by atoms with Gasteiger partial charge in [-0.25, -0.2) is 4.98 Å². The Bertz CT molecular complexity index is 1030. The molecule has 0 saturated heterocycles. The second kappa shape index (κ2) is 9.27. The lowest BCUT2D eigenvalue weighted by Gasteiger charge is -2.06. The third-order valence-electron chi connectivity index (χ3n) is 3.99. The number of amides is 2. The summed E-state index contributed by atoms with van der Waals surface area (Å²) in [5, 5.41) is 7.80. The number of alkyl halides is 3. The van der Waals surface area contributed by atoms with Gasteiger partial charge >= 0.3 is 18.0 Å². The Kier molecular flexibility index (Phi) is 6.73. The second-order valence-corrected chi connectivity index (χ2v) is 7.48. The monoisotopic (exact) mass is 453 g/mol. The van der Waals surface area contributed by atoms with Crippen molar-refractivity contribution in [3.63, 3.8) is 0 Å². The highest BCUT2D eigenvalue weighted by Gasteiger charge is 2.30. The number of thiazole rings is 1. The molecule has 0 unspecified atom stereocenters. The second-order valence-electron chi connectivity index (χ2n) is 6.19. The van der Waals surface area contributed by atoms with Gasteiger partial charge in [-0.05, 0) is 36.4 Å². The number of nitrogens with zero attached hydrogens (tertiary/aromatic N) is 1. The summed E-state index contributed by atoms with van der Waals surface area (Å²) in [5.74, 6) is -1.59. The lowest BCUT2D eigenvalue weighted by molar-refractivity contribution is -0.137. The van der Waals surface area contributed by atoms with E-state index in [4.69, 9.17) is 11.6 Å². The Morgan fingerprint density at radius 1 is 1.00 bits per heavy atom. The van der Waals surface area contributed by atoms with Crippen LogP contribution in [0.2, 0.25) is 5.02 Å². The highest BCUT2D eigenvalue weighted by molar-refractivity contribution is 7.13. The zero-order chi connectivity index (χ0) is 21.7. The van der Waals surface area contributed by atoms with Crippen molar-refractivity contribution < 1.29 is 22.8 Å². The van der Waals surface area contributed by atoms with Gasteiger partial charge in [-0.2, -0.15) is 13.2 Å². The SMILES string of the molecule is O=C(NCCc1csc(-c2ccc(C(F)(F)F)cc2)n1)C(=O)Nc1ccc(Cl)cc1. The van der Waals surface area contributed by atoms with E-state index in [2.05, 4.69) is 15.6 Å². The van der Waals surface area contributed by atoms with Gasteiger partial charge in [0, 0.05) is 34.6 Å². The number of hydrogen-bond donors (Lipinski definition) is 2.